The summed E-state index contributed by atoms with van der Waals surface area (Å²) in [6.45, 7) is 4.51. The third-order valence-corrected chi connectivity index (χ3v) is 4.82. The molecule has 6 heteroatoms. The van der Waals surface area contributed by atoms with E-state index in [4.69, 9.17) is 0 Å². The van der Waals surface area contributed by atoms with E-state index < -0.39 is 0 Å². The highest BCUT2D eigenvalue weighted by atomic mass is 16.2. The maximum absolute atomic E-state index is 12.6. The van der Waals surface area contributed by atoms with Gasteiger partial charge in [0.05, 0.1) is 0 Å². The van der Waals surface area contributed by atoms with Crippen LogP contribution in [0.2, 0.25) is 0 Å². The summed E-state index contributed by atoms with van der Waals surface area (Å²) in [7, 11) is 4.04. The predicted molar refractivity (Wildman–Crippen MR) is 93.3 cm³/mol. The van der Waals surface area contributed by atoms with Crippen LogP contribution in [0.5, 0.6) is 0 Å². The molecule has 1 aromatic heterocycles. The Balaban J connectivity index is 1.63. The average Bonchev–Trinajstić information content (AvgIpc) is 3.03. The molecule has 2 aromatic rings. The lowest BCUT2D eigenvalue weighted by Gasteiger charge is -2.40. The summed E-state index contributed by atoms with van der Waals surface area (Å²) in [5, 5.41) is 4.43. The Labute approximate surface area is 143 Å². The number of rotatable bonds is 4. The number of carbonyl (C=O) groups is 1. The van der Waals surface area contributed by atoms with Crippen LogP contribution in [0.4, 0.5) is 0 Å². The van der Waals surface area contributed by atoms with Crippen LogP contribution < -0.4 is 0 Å². The second-order valence-electron chi connectivity index (χ2n) is 6.73. The monoisotopic (exact) mass is 327 g/mol. The molecule has 0 radical (unpaired) electrons. The summed E-state index contributed by atoms with van der Waals surface area (Å²) in [5.74, 6) is 1.22. The molecule has 1 aliphatic rings. The van der Waals surface area contributed by atoms with Crippen molar-refractivity contribution in [2.75, 3.05) is 27.2 Å². The van der Waals surface area contributed by atoms with Gasteiger partial charge < -0.3 is 9.80 Å². The SMILES string of the molecule is C[C@H]1CN(C)CC[C@H]1N(C)C(=O)Cn1cnc(-c2ccccc2)n1. The van der Waals surface area contributed by atoms with Gasteiger partial charge in [0.1, 0.15) is 12.9 Å². The van der Waals surface area contributed by atoms with Crippen molar-refractivity contribution in [3.8, 4) is 11.4 Å². The average molecular weight is 327 g/mol. The van der Waals surface area contributed by atoms with E-state index in [9.17, 15) is 4.79 Å². The van der Waals surface area contributed by atoms with Crippen LogP contribution in [0.15, 0.2) is 36.7 Å². The van der Waals surface area contributed by atoms with Gasteiger partial charge in [-0.15, -0.1) is 0 Å². The normalized spacial score (nSPS) is 21.6. The highest BCUT2D eigenvalue weighted by Gasteiger charge is 2.29. The Morgan fingerprint density at radius 2 is 2.08 bits per heavy atom. The molecule has 3 rings (SSSR count). The molecule has 0 N–H and O–H groups in total. The van der Waals surface area contributed by atoms with Crippen molar-refractivity contribution < 1.29 is 4.79 Å². The van der Waals surface area contributed by atoms with Crippen LogP contribution in [0.1, 0.15) is 13.3 Å². The molecular weight excluding hydrogens is 302 g/mol. The van der Waals surface area contributed by atoms with E-state index in [0.717, 1.165) is 25.1 Å². The zero-order chi connectivity index (χ0) is 17.1. The number of amides is 1. The lowest BCUT2D eigenvalue weighted by molar-refractivity contribution is -0.134. The fraction of sp³-hybridized carbons (Fsp3) is 0.500. The van der Waals surface area contributed by atoms with Gasteiger partial charge in [0.15, 0.2) is 5.82 Å². The molecule has 0 saturated carbocycles. The number of likely N-dealkylation sites (N-methyl/N-ethyl adjacent to an activating group) is 1. The van der Waals surface area contributed by atoms with E-state index >= 15 is 0 Å². The van der Waals surface area contributed by atoms with Gasteiger partial charge >= 0.3 is 0 Å². The van der Waals surface area contributed by atoms with Crippen molar-refractivity contribution in [1.82, 2.24) is 24.6 Å². The first-order valence-corrected chi connectivity index (χ1v) is 8.43. The summed E-state index contributed by atoms with van der Waals surface area (Å²) in [4.78, 5) is 21.1. The zero-order valence-corrected chi connectivity index (χ0v) is 14.6. The Kier molecular flexibility index (Phi) is 4.94. The van der Waals surface area contributed by atoms with Gasteiger partial charge in [-0.2, -0.15) is 5.10 Å². The topological polar surface area (TPSA) is 54.3 Å². The lowest BCUT2D eigenvalue weighted by atomic mass is 9.93. The quantitative estimate of drug-likeness (QED) is 0.858. The van der Waals surface area contributed by atoms with Crippen molar-refractivity contribution in [3.63, 3.8) is 0 Å². The summed E-state index contributed by atoms with van der Waals surface area (Å²) < 4.78 is 1.63. The van der Waals surface area contributed by atoms with E-state index in [0.29, 0.717) is 17.8 Å². The van der Waals surface area contributed by atoms with Crippen molar-refractivity contribution in [1.29, 1.82) is 0 Å². The molecule has 0 spiro atoms. The van der Waals surface area contributed by atoms with Crippen LogP contribution in [0.3, 0.4) is 0 Å². The third-order valence-electron chi connectivity index (χ3n) is 4.82. The van der Waals surface area contributed by atoms with E-state index in [1.807, 2.05) is 42.3 Å². The molecule has 1 aromatic carbocycles. The molecule has 0 unspecified atom stereocenters. The number of benzene rings is 1. The van der Waals surface area contributed by atoms with Gasteiger partial charge in [-0.1, -0.05) is 37.3 Å². The van der Waals surface area contributed by atoms with Crippen molar-refractivity contribution in [2.24, 2.45) is 5.92 Å². The maximum atomic E-state index is 12.6. The Morgan fingerprint density at radius 3 is 2.79 bits per heavy atom. The van der Waals surface area contributed by atoms with Crippen molar-refractivity contribution in [3.05, 3.63) is 36.7 Å². The van der Waals surface area contributed by atoms with E-state index in [-0.39, 0.29) is 12.5 Å². The fourth-order valence-electron chi connectivity index (χ4n) is 3.44. The van der Waals surface area contributed by atoms with Crippen molar-refractivity contribution >= 4 is 5.91 Å². The second-order valence-corrected chi connectivity index (χ2v) is 6.73. The van der Waals surface area contributed by atoms with Crippen LogP contribution in [0, 0.1) is 5.92 Å². The van der Waals surface area contributed by atoms with Gasteiger partial charge in [0.2, 0.25) is 5.91 Å². The highest BCUT2D eigenvalue weighted by Crippen LogP contribution is 2.20. The van der Waals surface area contributed by atoms with Crippen molar-refractivity contribution in [2.45, 2.75) is 25.9 Å². The molecule has 0 bridgehead atoms. The summed E-state index contributed by atoms with van der Waals surface area (Å²) in [6, 6.07) is 10.1. The zero-order valence-electron chi connectivity index (χ0n) is 14.6. The van der Waals surface area contributed by atoms with Crippen LogP contribution in [-0.2, 0) is 11.3 Å². The standard InChI is InChI=1S/C18H25N5O/c1-14-11-21(2)10-9-16(14)22(3)17(24)12-23-13-19-18(20-23)15-7-5-4-6-8-15/h4-8,13-14,16H,9-12H2,1-3H3/t14-,16+/m0/s1. The molecule has 1 saturated heterocycles. The van der Waals surface area contributed by atoms with Gasteiger partial charge in [0, 0.05) is 25.2 Å². The first-order valence-electron chi connectivity index (χ1n) is 8.43. The van der Waals surface area contributed by atoms with Crippen LogP contribution >= 0.6 is 0 Å². The number of nitrogens with zero attached hydrogens (tertiary/aromatic N) is 5. The van der Waals surface area contributed by atoms with Gasteiger partial charge in [0.25, 0.3) is 0 Å². The van der Waals surface area contributed by atoms with Gasteiger partial charge in [-0.25, -0.2) is 9.67 Å². The Morgan fingerprint density at radius 1 is 1.33 bits per heavy atom. The molecular formula is C18H25N5O. The van der Waals surface area contributed by atoms with E-state index in [1.54, 1.807) is 11.0 Å². The predicted octanol–water partition coefficient (Wildman–Crippen LogP) is 1.74. The molecule has 128 valence electrons. The lowest BCUT2D eigenvalue weighted by Crippen LogP contribution is -2.50. The molecule has 2 atom stereocenters. The number of likely N-dealkylation sites (tertiary alicyclic amines) is 1. The second kappa shape index (κ2) is 7.13. The maximum Gasteiger partial charge on any atom is 0.244 e. The fourth-order valence-corrected chi connectivity index (χ4v) is 3.44. The van der Waals surface area contributed by atoms with Crippen LogP contribution in [0.25, 0.3) is 11.4 Å². The Hall–Kier alpha value is -2.21. The minimum absolute atomic E-state index is 0.0842. The number of aromatic nitrogens is 3. The number of hydrogen-bond acceptors (Lipinski definition) is 4. The van der Waals surface area contributed by atoms with E-state index in [2.05, 4.69) is 29.0 Å². The van der Waals surface area contributed by atoms with Gasteiger partial charge in [-0.3, -0.25) is 4.79 Å². The van der Waals surface area contributed by atoms with E-state index in [1.165, 1.54) is 0 Å². The molecule has 1 amide bonds. The smallest absolute Gasteiger partial charge is 0.244 e. The highest BCUT2D eigenvalue weighted by molar-refractivity contribution is 5.76. The minimum Gasteiger partial charge on any atom is -0.341 e. The molecule has 2 heterocycles. The minimum atomic E-state index is 0.0842. The van der Waals surface area contributed by atoms with Gasteiger partial charge in [-0.05, 0) is 25.9 Å². The molecule has 1 fully saturated rings. The number of hydrogen-bond donors (Lipinski definition) is 0. The largest absolute Gasteiger partial charge is 0.341 e. The molecule has 1 aliphatic heterocycles. The van der Waals surface area contributed by atoms with Crippen LogP contribution in [-0.4, -0.2) is 63.7 Å². The Bertz CT molecular complexity index is 684. The molecule has 6 nitrogen and oxygen atoms in total. The molecule has 24 heavy (non-hydrogen) atoms. The first kappa shape index (κ1) is 16.6. The number of carbonyl (C=O) groups excluding carboxylic acids is 1. The molecule has 0 aliphatic carbocycles. The summed E-state index contributed by atoms with van der Waals surface area (Å²) >= 11 is 0. The number of piperidine rings is 1. The first-order chi connectivity index (χ1) is 11.5. The third kappa shape index (κ3) is 3.64. The summed E-state index contributed by atoms with van der Waals surface area (Å²) in [5.41, 5.74) is 0.959. The summed E-state index contributed by atoms with van der Waals surface area (Å²) in [6.07, 6.45) is 2.65.